The van der Waals surface area contributed by atoms with Crippen molar-refractivity contribution in [1.29, 1.82) is 0 Å². The first-order valence-electron chi connectivity index (χ1n) is 9.04. The van der Waals surface area contributed by atoms with Crippen molar-refractivity contribution in [2.45, 2.75) is 44.9 Å². The van der Waals surface area contributed by atoms with Gasteiger partial charge in [0.1, 0.15) is 12.7 Å². The molecular formula is C21H23NO6. The molecule has 28 heavy (non-hydrogen) atoms. The molecule has 0 radical (unpaired) electrons. The van der Waals surface area contributed by atoms with E-state index in [1.54, 1.807) is 13.0 Å². The summed E-state index contributed by atoms with van der Waals surface area (Å²) in [6.07, 6.45) is 8.14. The van der Waals surface area contributed by atoms with E-state index in [9.17, 15) is 19.7 Å². The summed E-state index contributed by atoms with van der Waals surface area (Å²) in [6, 6.07) is 8.68. The molecule has 0 bridgehead atoms. The minimum Gasteiger partial charge on any atom is -0.458 e. The van der Waals surface area contributed by atoms with Crippen molar-refractivity contribution in [3.63, 3.8) is 0 Å². The first kappa shape index (κ1) is 21.1. The summed E-state index contributed by atoms with van der Waals surface area (Å²) in [5, 5.41) is 10.9. The fourth-order valence-corrected chi connectivity index (χ4v) is 2.66. The number of nitrogens with zero attached hydrogens (tertiary/aromatic N) is 1. The van der Waals surface area contributed by atoms with Crippen LogP contribution >= 0.6 is 0 Å². The number of carbonyl (C=O) groups excluding carboxylic acids is 2. The quantitative estimate of drug-likeness (QED) is 0.294. The Balaban J connectivity index is 1.74. The van der Waals surface area contributed by atoms with Gasteiger partial charge >= 0.3 is 11.9 Å². The van der Waals surface area contributed by atoms with Crippen molar-refractivity contribution in [2.75, 3.05) is 0 Å². The Morgan fingerprint density at radius 2 is 2.00 bits per heavy atom. The third-order valence-corrected chi connectivity index (χ3v) is 4.14. The maximum atomic E-state index is 11.8. The minimum absolute atomic E-state index is 0.168. The lowest BCUT2D eigenvalue weighted by Gasteiger charge is -2.14. The molecule has 1 aromatic rings. The summed E-state index contributed by atoms with van der Waals surface area (Å²) >= 11 is 0. The lowest BCUT2D eigenvalue weighted by atomic mass is 9.95. The molecule has 0 spiro atoms. The van der Waals surface area contributed by atoms with Crippen LogP contribution in [0.4, 0.5) is 0 Å². The number of hydrogen-bond acceptors (Lipinski definition) is 6. The zero-order chi connectivity index (χ0) is 20.4. The first-order valence-corrected chi connectivity index (χ1v) is 9.04. The van der Waals surface area contributed by atoms with Gasteiger partial charge in [-0.15, -0.1) is 0 Å². The molecule has 148 valence electrons. The van der Waals surface area contributed by atoms with Crippen LogP contribution in [0.5, 0.6) is 0 Å². The van der Waals surface area contributed by atoms with Gasteiger partial charge in [-0.25, -0.2) is 9.59 Å². The van der Waals surface area contributed by atoms with Crippen LogP contribution in [-0.4, -0.2) is 29.0 Å². The zero-order valence-electron chi connectivity index (χ0n) is 15.7. The van der Waals surface area contributed by atoms with E-state index in [1.807, 2.05) is 36.4 Å². The van der Waals surface area contributed by atoms with E-state index in [2.05, 4.69) is 0 Å². The maximum Gasteiger partial charge on any atom is 0.331 e. The van der Waals surface area contributed by atoms with Gasteiger partial charge in [-0.2, -0.15) is 0 Å². The molecule has 7 heteroatoms. The summed E-state index contributed by atoms with van der Waals surface area (Å²) in [5.41, 5.74) is 1.63. The third kappa shape index (κ3) is 7.57. The average molecular weight is 385 g/mol. The molecule has 1 aromatic carbocycles. The van der Waals surface area contributed by atoms with Gasteiger partial charge in [0.25, 0.3) is 0 Å². The van der Waals surface area contributed by atoms with Crippen molar-refractivity contribution in [3.8, 4) is 0 Å². The molecule has 7 nitrogen and oxygen atoms in total. The molecule has 1 aliphatic carbocycles. The Labute approximate surface area is 163 Å². The Morgan fingerprint density at radius 3 is 2.71 bits per heavy atom. The third-order valence-electron chi connectivity index (χ3n) is 4.14. The van der Waals surface area contributed by atoms with Crippen molar-refractivity contribution in [3.05, 3.63) is 82.0 Å². The van der Waals surface area contributed by atoms with Gasteiger partial charge in [0.2, 0.25) is 6.04 Å². The van der Waals surface area contributed by atoms with Gasteiger partial charge in [-0.3, -0.25) is 10.1 Å². The summed E-state index contributed by atoms with van der Waals surface area (Å²) in [7, 11) is 0. The Kier molecular flexibility index (Phi) is 8.14. The molecule has 0 heterocycles. The van der Waals surface area contributed by atoms with Crippen LogP contribution in [0.25, 0.3) is 0 Å². The number of rotatable bonds is 8. The summed E-state index contributed by atoms with van der Waals surface area (Å²) in [5.74, 6) is -1.11. The Bertz CT molecular complexity index is 781. The molecule has 0 fully saturated rings. The number of ether oxygens (including phenoxy) is 2. The molecule has 0 N–H and O–H groups in total. The normalized spacial score (nSPS) is 17.9. The van der Waals surface area contributed by atoms with Crippen LogP contribution in [0.3, 0.4) is 0 Å². The van der Waals surface area contributed by atoms with Crippen LogP contribution in [0.15, 0.2) is 66.3 Å². The number of allylic oxidation sites excluding steroid dienone is 2. The number of nitro groups is 1. The van der Waals surface area contributed by atoms with Gasteiger partial charge in [0, 0.05) is 29.9 Å². The van der Waals surface area contributed by atoms with Gasteiger partial charge in [-0.1, -0.05) is 42.5 Å². The van der Waals surface area contributed by atoms with Crippen molar-refractivity contribution >= 4 is 11.9 Å². The van der Waals surface area contributed by atoms with Crippen LogP contribution in [0.2, 0.25) is 0 Å². The highest BCUT2D eigenvalue weighted by molar-refractivity contribution is 5.83. The highest BCUT2D eigenvalue weighted by Crippen LogP contribution is 2.21. The molecular weight excluding hydrogens is 362 g/mol. The molecule has 2 atom stereocenters. The SMILES string of the molecule is C[C@H](C=CC(=O)OCc1ccccc1)OC(=O)C=CC1=CCCC([N+](=O)[O-])C1. The molecule has 0 aliphatic heterocycles. The van der Waals surface area contributed by atoms with Crippen LogP contribution in [0, 0.1) is 10.1 Å². The molecule has 0 amide bonds. The fourth-order valence-electron chi connectivity index (χ4n) is 2.66. The standard InChI is InChI=1S/C21H23NO6/c1-16(10-12-20(23)27-15-18-6-3-2-4-7-18)28-21(24)13-11-17-8-5-9-19(14-17)22(25)26/h2-4,6-8,10-13,16,19H,5,9,14-15H2,1H3/t16-,19?/m1/s1. The van der Waals surface area contributed by atoms with Crippen molar-refractivity contribution < 1.29 is 24.0 Å². The molecule has 0 saturated heterocycles. The minimum atomic E-state index is -0.617. The highest BCUT2D eigenvalue weighted by Gasteiger charge is 2.23. The fraction of sp³-hybridized carbons (Fsp3) is 0.333. The number of hydrogen-bond donors (Lipinski definition) is 0. The number of benzene rings is 1. The smallest absolute Gasteiger partial charge is 0.331 e. The molecule has 0 aromatic heterocycles. The lowest BCUT2D eigenvalue weighted by Crippen LogP contribution is -2.22. The van der Waals surface area contributed by atoms with Gasteiger partial charge in [0.15, 0.2) is 0 Å². The highest BCUT2D eigenvalue weighted by atomic mass is 16.6. The van der Waals surface area contributed by atoms with E-state index in [0.717, 1.165) is 11.1 Å². The zero-order valence-corrected chi connectivity index (χ0v) is 15.7. The van der Waals surface area contributed by atoms with E-state index < -0.39 is 24.1 Å². The second-order valence-electron chi connectivity index (χ2n) is 6.43. The molecule has 0 saturated carbocycles. The topological polar surface area (TPSA) is 95.7 Å². The molecule has 1 unspecified atom stereocenters. The van der Waals surface area contributed by atoms with E-state index in [-0.39, 0.29) is 11.5 Å². The summed E-state index contributed by atoms with van der Waals surface area (Å²) in [6.45, 7) is 1.79. The predicted octanol–water partition coefficient (Wildman–Crippen LogP) is 3.53. The maximum absolute atomic E-state index is 11.8. The number of carbonyl (C=O) groups is 2. The lowest BCUT2D eigenvalue weighted by molar-refractivity contribution is -0.523. The van der Waals surface area contributed by atoms with E-state index in [1.165, 1.54) is 18.2 Å². The van der Waals surface area contributed by atoms with E-state index >= 15 is 0 Å². The van der Waals surface area contributed by atoms with Crippen molar-refractivity contribution in [2.24, 2.45) is 0 Å². The number of esters is 2. The van der Waals surface area contributed by atoms with E-state index in [0.29, 0.717) is 19.3 Å². The second-order valence-corrected chi connectivity index (χ2v) is 6.43. The molecule has 1 aliphatic rings. The Morgan fingerprint density at radius 1 is 1.25 bits per heavy atom. The van der Waals surface area contributed by atoms with Gasteiger partial charge in [-0.05, 0) is 30.6 Å². The largest absolute Gasteiger partial charge is 0.458 e. The molecule has 2 rings (SSSR count). The summed E-state index contributed by atoms with van der Waals surface area (Å²) < 4.78 is 10.2. The average Bonchev–Trinajstić information content (AvgIpc) is 2.70. The van der Waals surface area contributed by atoms with Gasteiger partial charge in [0.05, 0.1) is 0 Å². The first-order chi connectivity index (χ1) is 13.4. The van der Waals surface area contributed by atoms with Crippen LogP contribution < -0.4 is 0 Å². The van der Waals surface area contributed by atoms with Crippen LogP contribution in [-0.2, 0) is 25.7 Å². The van der Waals surface area contributed by atoms with Gasteiger partial charge < -0.3 is 9.47 Å². The van der Waals surface area contributed by atoms with E-state index in [4.69, 9.17) is 9.47 Å². The summed E-state index contributed by atoms with van der Waals surface area (Å²) in [4.78, 5) is 34.1. The predicted molar refractivity (Wildman–Crippen MR) is 103 cm³/mol. The van der Waals surface area contributed by atoms with Crippen LogP contribution in [0.1, 0.15) is 31.7 Å². The Hall–Kier alpha value is -3.22. The second kappa shape index (κ2) is 10.8. The van der Waals surface area contributed by atoms with Crippen molar-refractivity contribution in [1.82, 2.24) is 0 Å². The monoisotopic (exact) mass is 385 g/mol.